The third-order valence-corrected chi connectivity index (χ3v) is 2.58. The lowest BCUT2D eigenvalue weighted by Crippen LogP contribution is -2.08. The number of aryl methyl sites for hydroxylation is 1. The van der Waals surface area contributed by atoms with Crippen molar-refractivity contribution < 1.29 is 22.4 Å². The molecule has 0 saturated heterocycles. The fourth-order valence-electron chi connectivity index (χ4n) is 1.64. The van der Waals surface area contributed by atoms with Gasteiger partial charge in [-0.25, -0.2) is 0 Å². The monoisotopic (exact) mass is 254 g/mol. The molecule has 0 unspecified atom stereocenters. The molecule has 5 heteroatoms. The molecule has 2 nitrogen and oxygen atoms in total. The summed E-state index contributed by atoms with van der Waals surface area (Å²) in [5.74, 6) is -0.352. The smallest absolute Gasteiger partial charge is 0.416 e. The Kier molecular flexibility index (Phi) is 2.98. The molecule has 94 valence electrons. The van der Waals surface area contributed by atoms with Crippen LogP contribution in [-0.2, 0) is 6.18 Å². The largest absolute Gasteiger partial charge is 0.472 e. The van der Waals surface area contributed by atoms with Crippen molar-refractivity contribution in [3.05, 3.63) is 59.0 Å². The van der Waals surface area contributed by atoms with Gasteiger partial charge in [-0.15, -0.1) is 0 Å². The summed E-state index contributed by atoms with van der Waals surface area (Å²) in [6, 6.07) is 4.53. The minimum atomic E-state index is -4.40. The zero-order chi connectivity index (χ0) is 13.3. The predicted molar refractivity (Wildman–Crippen MR) is 58.3 cm³/mol. The molecule has 0 aliphatic heterocycles. The molecule has 18 heavy (non-hydrogen) atoms. The first-order valence-electron chi connectivity index (χ1n) is 5.14. The van der Waals surface area contributed by atoms with Gasteiger partial charge in [0.15, 0.2) is 5.78 Å². The van der Waals surface area contributed by atoms with E-state index in [1.807, 2.05) is 0 Å². The molecule has 0 radical (unpaired) electrons. The second-order valence-electron chi connectivity index (χ2n) is 3.87. The molecular weight excluding hydrogens is 245 g/mol. The van der Waals surface area contributed by atoms with Gasteiger partial charge in [-0.3, -0.25) is 4.79 Å². The molecular formula is C13H9F3O2. The Hall–Kier alpha value is -2.04. The maximum Gasteiger partial charge on any atom is 0.416 e. The summed E-state index contributed by atoms with van der Waals surface area (Å²) in [6.07, 6.45) is -1.80. The summed E-state index contributed by atoms with van der Waals surface area (Å²) in [4.78, 5) is 11.9. The highest BCUT2D eigenvalue weighted by Crippen LogP contribution is 2.30. The van der Waals surface area contributed by atoms with Gasteiger partial charge in [0.1, 0.15) is 6.26 Å². The molecule has 0 fully saturated rings. The summed E-state index contributed by atoms with van der Waals surface area (Å²) < 4.78 is 42.2. The predicted octanol–water partition coefficient (Wildman–Crippen LogP) is 3.84. The number of carbonyl (C=O) groups excluding carboxylic acids is 1. The first kappa shape index (κ1) is 12.4. The Morgan fingerprint density at radius 3 is 2.44 bits per heavy atom. The van der Waals surface area contributed by atoms with E-state index < -0.39 is 11.7 Å². The van der Waals surface area contributed by atoms with Gasteiger partial charge in [0.2, 0.25) is 0 Å². The Balaban J connectivity index is 2.40. The number of benzene rings is 1. The van der Waals surface area contributed by atoms with Crippen molar-refractivity contribution >= 4 is 5.78 Å². The molecule has 0 N–H and O–H groups in total. The first-order chi connectivity index (χ1) is 8.39. The molecule has 1 heterocycles. The van der Waals surface area contributed by atoms with Crippen LogP contribution in [0.1, 0.15) is 27.0 Å². The number of furan rings is 1. The Morgan fingerprint density at radius 2 is 1.94 bits per heavy atom. The molecule has 1 aromatic carbocycles. The molecule has 0 atom stereocenters. The van der Waals surface area contributed by atoms with Crippen molar-refractivity contribution in [2.45, 2.75) is 13.1 Å². The fourth-order valence-corrected chi connectivity index (χ4v) is 1.64. The van der Waals surface area contributed by atoms with E-state index in [9.17, 15) is 18.0 Å². The van der Waals surface area contributed by atoms with Gasteiger partial charge in [-0.1, -0.05) is 6.07 Å². The van der Waals surface area contributed by atoms with Crippen LogP contribution < -0.4 is 0 Å². The Bertz CT molecular complexity index is 568. The molecule has 0 aliphatic carbocycles. The van der Waals surface area contributed by atoms with Gasteiger partial charge in [-0.2, -0.15) is 13.2 Å². The van der Waals surface area contributed by atoms with Gasteiger partial charge in [0, 0.05) is 5.56 Å². The highest BCUT2D eigenvalue weighted by molar-refractivity contribution is 6.09. The van der Waals surface area contributed by atoms with Crippen molar-refractivity contribution in [3.8, 4) is 0 Å². The number of halogens is 3. The van der Waals surface area contributed by atoms with Crippen molar-refractivity contribution in [2.75, 3.05) is 0 Å². The van der Waals surface area contributed by atoms with Gasteiger partial charge < -0.3 is 4.42 Å². The van der Waals surface area contributed by atoms with Crippen LogP contribution >= 0.6 is 0 Å². The number of hydrogen-bond donors (Lipinski definition) is 0. The van der Waals surface area contributed by atoms with Gasteiger partial charge >= 0.3 is 6.18 Å². The van der Waals surface area contributed by atoms with Crippen molar-refractivity contribution in [1.82, 2.24) is 0 Å². The zero-order valence-electron chi connectivity index (χ0n) is 9.41. The first-order valence-corrected chi connectivity index (χ1v) is 5.14. The van der Waals surface area contributed by atoms with Crippen LogP contribution in [0.25, 0.3) is 0 Å². The van der Waals surface area contributed by atoms with E-state index in [0.717, 1.165) is 12.1 Å². The summed E-state index contributed by atoms with van der Waals surface area (Å²) in [5, 5.41) is 0. The summed E-state index contributed by atoms with van der Waals surface area (Å²) in [5.41, 5.74) is 0.0852. The second-order valence-corrected chi connectivity index (χ2v) is 3.87. The maximum absolute atomic E-state index is 12.5. The zero-order valence-corrected chi connectivity index (χ0v) is 9.41. The van der Waals surface area contributed by atoms with Crippen molar-refractivity contribution in [1.29, 1.82) is 0 Å². The summed E-state index contributed by atoms with van der Waals surface area (Å²) >= 11 is 0. The van der Waals surface area contributed by atoms with E-state index in [4.69, 9.17) is 4.42 Å². The van der Waals surface area contributed by atoms with Crippen LogP contribution in [0.2, 0.25) is 0 Å². The summed E-state index contributed by atoms with van der Waals surface area (Å²) in [7, 11) is 0. The third-order valence-electron chi connectivity index (χ3n) is 2.58. The molecule has 0 bridgehead atoms. The van der Waals surface area contributed by atoms with E-state index in [1.54, 1.807) is 0 Å². The van der Waals surface area contributed by atoms with E-state index in [0.29, 0.717) is 5.56 Å². The quantitative estimate of drug-likeness (QED) is 0.762. The average molecular weight is 254 g/mol. The number of carbonyl (C=O) groups is 1. The summed E-state index contributed by atoms with van der Waals surface area (Å²) in [6.45, 7) is 1.47. The van der Waals surface area contributed by atoms with E-state index in [-0.39, 0.29) is 16.9 Å². The lowest BCUT2D eigenvalue weighted by atomic mass is 9.98. The third kappa shape index (κ3) is 2.30. The molecule has 1 aromatic heterocycles. The van der Waals surface area contributed by atoms with Crippen LogP contribution in [0.4, 0.5) is 13.2 Å². The van der Waals surface area contributed by atoms with Gasteiger partial charge in [0.05, 0.1) is 17.4 Å². The number of rotatable bonds is 2. The number of ketones is 1. The van der Waals surface area contributed by atoms with Gasteiger partial charge in [0.25, 0.3) is 0 Å². The second kappa shape index (κ2) is 4.33. The van der Waals surface area contributed by atoms with Crippen molar-refractivity contribution in [2.24, 2.45) is 0 Å². The molecule has 0 amide bonds. The van der Waals surface area contributed by atoms with Crippen molar-refractivity contribution in [3.63, 3.8) is 0 Å². The van der Waals surface area contributed by atoms with Crippen LogP contribution in [0.3, 0.4) is 0 Å². The van der Waals surface area contributed by atoms with Crippen LogP contribution in [0.5, 0.6) is 0 Å². The van der Waals surface area contributed by atoms with E-state index in [1.165, 1.54) is 31.6 Å². The number of alkyl halides is 3. The molecule has 0 saturated carbocycles. The lowest BCUT2D eigenvalue weighted by Gasteiger charge is -2.09. The highest BCUT2D eigenvalue weighted by atomic mass is 19.4. The minimum Gasteiger partial charge on any atom is -0.472 e. The average Bonchev–Trinajstić information content (AvgIpc) is 2.80. The molecule has 2 aromatic rings. The van der Waals surface area contributed by atoms with Crippen LogP contribution in [-0.4, -0.2) is 5.78 Å². The maximum atomic E-state index is 12.5. The lowest BCUT2D eigenvalue weighted by molar-refractivity contribution is -0.137. The topological polar surface area (TPSA) is 30.2 Å². The van der Waals surface area contributed by atoms with Crippen LogP contribution in [0, 0.1) is 6.92 Å². The fraction of sp³-hybridized carbons (Fsp3) is 0.154. The Morgan fingerprint density at radius 1 is 1.22 bits per heavy atom. The van der Waals surface area contributed by atoms with Crippen LogP contribution in [0.15, 0.2) is 41.2 Å². The minimum absolute atomic E-state index is 0.240. The normalized spacial score (nSPS) is 11.6. The molecule has 0 spiro atoms. The Labute approximate surface area is 101 Å². The SMILES string of the molecule is Cc1cc(C(F)(F)F)ccc1C(=O)c1ccoc1. The van der Waals surface area contributed by atoms with E-state index in [2.05, 4.69) is 0 Å². The van der Waals surface area contributed by atoms with Gasteiger partial charge in [-0.05, 0) is 30.7 Å². The number of hydrogen-bond acceptors (Lipinski definition) is 2. The molecule has 0 aliphatic rings. The standard InChI is InChI=1S/C13H9F3O2/c1-8-6-10(13(14,15)16)2-3-11(8)12(17)9-4-5-18-7-9/h2-7H,1H3. The highest BCUT2D eigenvalue weighted by Gasteiger charge is 2.31. The molecule has 2 rings (SSSR count). The van der Waals surface area contributed by atoms with E-state index >= 15 is 0 Å².